The van der Waals surface area contributed by atoms with Crippen molar-refractivity contribution in [1.29, 1.82) is 0 Å². The zero-order valence-electron chi connectivity index (χ0n) is 8.21. The molecule has 1 aromatic carbocycles. The van der Waals surface area contributed by atoms with Gasteiger partial charge in [0.25, 0.3) is 5.69 Å². The molecule has 0 spiro atoms. The molecule has 16 heavy (non-hydrogen) atoms. The summed E-state index contributed by atoms with van der Waals surface area (Å²) in [6.07, 6.45) is -1.07. The van der Waals surface area contributed by atoms with Gasteiger partial charge >= 0.3 is 5.97 Å². The zero-order valence-corrected chi connectivity index (χ0v) is 9.80. The number of halogens is 1. The SMILES string of the molecule is CC(Oc1cccc([N+](=O)[O-])c1Br)C(=O)O. The quantitative estimate of drug-likeness (QED) is 0.678. The standard InChI is InChI=1S/C9H8BrNO5/c1-5(9(12)13)16-7-4-2-3-6(8(7)10)11(14)15/h2-5H,1H3,(H,12,13). The van der Waals surface area contributed by atoms with E-state index < -0.39 is 17.0 Å². The minimum atomic E-state index is -1.14. The summed E-state index contributed by atoms with van der Waals surface area (Å²) < 4.78 is 5.18. The molecule has 0 saturated heterocycles. The van der Waals surface area contributed by atoms with Crippen LogP contribution in [0, 0.1) is 10.1 Å². The first-order valence-corrected chi connectivity index (χ1v) is 5.05. The number of hydrogen-bond donors (Lipinski definition) is 1. The van der Waals surface area contributed by atoms with Crippen molar-refractivity contribution in [2.75, 3.05) is 0 Å². The van der Waals surface area contributed by atoms with Crippen molar-refractivity contribution in [3.63, 3.8) is 0 Å². The first-order valence-electron chi connectivity index (χ1n) is 4.26. The van der Waals surface area contributed by atoms with Crippen LogP contribution in [-0.4, -0.2) is 22.1 Å². The van der Waals surface area contributed by atoms with Crippen LogP contribution in [0.4, 0.5) is 5.69 Å². The van der Waals surface area contributed by atoms with Crippen molar-refractivity contribution in [3.05, 3.63) is 32.8 Å². The van der Waals surface area contributed by atoms with Crippen LogP contribution in [-0.2, 0) is 4.79 Å². The monoisotopic (exact) mass is 289 g/mol. The highest BCUT2D eigenvalue weighted by atomic mass is 79.9. The first-order chi connectivity index (χ1) is 7.43. The van der Waals surface area contributed by atoms with Crippen molar-refractivity contribution in [3.8, 4) is 5.75 Å². The highest BCUT2D eigenvalue weighted by molar-refractivity contribution is 9.10. The fourth-order valence-electron chi connectivity index (χ4n) is 0.972. The number of nitro benzene ring substituents is 1. The normalized spacial score (nSPS) is 11.9. The molecule has 86 valence electrons. The van der Waals surface area contributed by atoms with Gasteiger partial charge in [0.05, 0.1) is 4.92 Å². The molecular formula is C9H8BrNO5. The fourth-order valence-corrected chi connectivity index (χ4v) is 1.47. The average Bonchev–Trinajstić information content (AvgIpc) is 2.20. The minimum absolute atomic E-state index is 0.129. The summed E-state index contributed by atoms with van der Waals surface area (Å²) >= 11 is 3.00. The molecule has 0 aliphatic carbocycles. The summed E-state index contributed by atoms with van der Waals surface area (Å²) in [6.45, 7) is 1.34. The molecule has 1 atom stereocenters. The summed E-state index contributed by atoms with van der Waals surface area (Å²) in [6, 6.07) is 4.17. The van der Waals surface area contributed by atoms with Gasteiger partial charge in [-0.2, -0.15) is 0 Å². The van der Waals surface area contributed by atoms with E-state index in [9.17, 15) is 14.9 Å². The summed E-state index contributed by atoms with van der Waals surface area (Å²) in [5, 5.41) is 19.2. The van der Waals surface area contributed by atoms with Crippen molar-refractivity contribution in [2.24, 2.45) is 0 Å². The maximum atomic E-state index is 10.6. The third-order valence-electron chi connectivity index (χ3n) is 1.79. The van der Waals surface area contributed by atoms with Gasteiger partial charge < -0.3 is 9.84 Å². The summed E-state index contributed by atoms with van der Waals surface area (Å²) in [5.41, 5.74) is -0.171. The second kappa shape index (κ2) is 4.93. The van der Waals surface area contributed by atoms with Gasteiger partial charge in [-0.15, -0.1) is 0 Å². The number of carbonyl (C=O) groups is 1. The molecule has 0 amide bonds. The van der Waals surface area contributed by atoms with Crippen LogP contribution in [0.2, 0.25) is 0 Å². The van der Waals surface area contributed by atoms with Gasteiger partial charge in [0.2, 0.25) is 0 Å². The van der Waals surface area contributed by atoms with E-state index in [1.807, 2.05) is 0 Å². The molecule has 0 aromatic heterocycles. The minimum Gasteiger partial charge on any atom is -0.479 e. The fraction of sp³-hybridized carbons (Fsp3) is 0.222. The molecule has 0 aliphatic heterocycles. The van der Waals surface area contributed by atoms with E-state index in [4.69, 9.17) is 9.84 Å². The molecule has 0 aliphatic rings. The van der Waals surface area contributed by atoms with Crippen LogP contribution >= 0.6 is 15.9 Å². The van der Waals surface area contributed by atoms with E-state index >= 15 is 0 Å². The molecule has 1 unspecified atom stereocenters. The van der Waals surface area contributed by atoms with Crippen LogP contribution < -0.4 is 4.74 Å². The summed E-state index contributed by atoms with van der Waals surface area (Å²) in [5.74, 6) is -1.01. The maximum Gasteiger partial charge on any atom is 0.344 e. The van der Waals surface area contributed by atoms with E-state index in [-0.39, 0.29) is 15.9 Å². The number of nitro groups is 1. The first kappa shape index (κ1) is 12.4. The highest BCUT2D eigenvalue weighted by Crippen LogP contribution is 2.34. The van der Waals surface area contributed by atoms with Gasteiger partial charge in [-0.05, 0) is 28.9 Å². The predicted molar refractivity (Wildman–Crippen MR) is 58.5 cm³/mol. The Hall–Kier alpha value is -1.63. The lowest BCUT2D eigenvalue weighted by Crippen LogP contribution is -2.23. The number of carboxylic acid groups (broad SMARTS) is 1. The van der Waals surface area contributed by atoms with Gasteiger partial charge in [0, 0.05) is 6.07 Å². The average molecular weight is 290 g/mol. The molecule has 6 nitrogen and oxygen atoms in total. The Balaban J connectivity index is 3.02. The highest BCUT2D eigenvalue weighted by Gasteiger charge is 2.19. The molecule has 0 fully saturated rings. The molecule has 1 rings (SSSR count). The summed E-state index contributed by atoms with van der Waals surface area (Å²) in [4.78, 5) is 20.6. The smallest absolute Gasteiger partial charge is 0.344 e. The molecular weight excluding hydrogens is 282 g/mol. The van der Waals surface area contributed by atoms with Crippen molar-refractivity contribution < 1.29 is 19.6 Å². The largest absolute Gasteiger partial charge is 0.479 e. The van der Waals surface area contributed by atoms with Crippen LogP contribution in [0.1, 0.15) is 6.92 Å². The third kappa shape index (κ3) is 2.69. The summed E-state index contributed by atoms with van der Waals surface area (Å²) in [7, 11) is 0. The van der Waals surface area contributed by atoms with Gasteiger partial charge in [0.1, 0.15) is 10.2 Å². The van der Waals surface area contributed by atoms with Gasteiger partial charge in [-0.3, -0.25) is 10.1 Å². The predicted octanol–water partition coefficient (Wildman–Crippen LogP) is 2.21. The van der Waals surface area contributed by atoms with Gasteiger partial charge in [-0.25, -0.2) is 4.79 Å². The van der Waals surface area contributed by atoms with E-state index in [0.717, 1.165) is 0 Å². The lowest BCUT2D eigenvalue weighted by molar-refractivity contribution is -0.385. The topological polar surface area (TPSA) is 89.7 Å². The lowest BCUT2D eigenvalue weighted by Gasteiger charge is -2.11. The van der Waals surface area contributed by atoms with Crippen LogP contribution in [0.3, 0.4) is 0 Å². The van der Waals surface area contributed by atoms with Gasteiger partial charge in [0.15, 0.2) is 6.10 Å². The van der Waals surface area contributed by atoms with Crippen molar-refractivity contribution in [1.82, 2.24) is 0 Å². The second-order valence-corrected chi connectivity index (χ2v) is 3.74. The molecule has 0 bridgehead atoms. The number of rotatable bonds is 4. The Bertz CT molecular complexity index is 434. The van der Waals surface area contributed by atoms with Crippen LogP contribution in [0.15, 0.2) is 22.7 Å². The maximum absolute atomic E-state index is 10.6. The number of benzene rings is 1. The van der Waals surface area contributed by atoms with Crippen LogP contribution in [0.25, 0.3) is 0 Å². The number of hydrogen-bond acceptors (Lipinski definition) is 4. The number of ether oxygens (including phenoxy) is 1. The van der Waals surface area contributed by atoms with E-state index in [2.05, 4.69) is 15.9 Å². The van der Waals surface area contributed by atoms with E-state index in [1.54, 1.807) is 0 Å². The molecule has 0 heterocycles. The van der Waals surface area contributed by atoms with Crippen molar-refractivity contribution >= 4 is 27.6 Å². The Morgan fingerprint density at radius 2 is 2.25 bits per heavy atom. The van der Waals surface area contributed by atoms with Crippen molar-refractivity contribution in [2.45, 2.75) is 13.0 Å². The molecule has 1 N–H and O–H groups in total. The van der Waals surface area contributed by atoms with E-state index in [1.165, 1.54) is 25.1 Å². The molecule has 7 heteroatoms. The number of carboxylic acids is 1. The Morgan fingerprint density at radius 1 is 1.62 bits per heavy atom. The van der Waals surface area contributed by atoms with Gasteiger partial charge in [-0.1, -0.05) is 6.07 Å². The second-order valence-electron chi connectivity index (χ2n) is 2.94. The molecule has 1 aromatic rings. The van der Waals surface area contributed by atoms with E-state index in [0.29, 0.717) is 0 Å². The Morgan fingerprint density at radius 3 is 2.75 bits per heavy atom. The lowest BCUT2D eigenvalue weighted by atomic mass is 10.3. The molecule has 0 radical (unpaired) electrons. The number of aliphatic carboxylic acids is 1. The number of nitrogens with zero attached hydrogens (tertiary/aromatic N) is 1. The third-order valence-corrected chi connectivity index (χ3v) is 2.59. The van der Waals surface area contributed by atoms with Crippen LogP contribution in [0.5, 0.6) is 5.75 Å². The Kier molecular flexibility index (Phi) is 3.83. The Labute approximate surface area is 99.1 Å². The zero-order chi connectivity index (χ0) is 12.3. The molecule has 0 saturated carbocycles.